The highest BCUT2D eigenvalue weighted by Crippen LogP contribution is 2.37. The number of hydrogen-bond donors (Lipinski definition) is 1. The Balaban J connectivity index is 1.32. The summed E-state index contributed by atoms with van der Waals surface area (Å²) in [5.41, 5.74) is 0.693. The van der Waals surface area contributed by atoms with Crippen LogP contribution in [0.4, 0.5) is 0 Å². The first-order valence-corrected chi connectivity index (χ1v) is 22.1. The molecule has 7 aromatic carbocycles. The van der Waals surface area contributed by atoms with E-state index in [0.29, 0.717) is 13.0 Å². The second kappa shape index (κ2) is 16.8. The Bertz CT molecular complexity index is 1920. The van der Waals surface area contributed by atoms with Gasteiger partial charge in [-0.25, -0.2) is 0 Å². The summed E-state index contributed by atoms with van der Waals surface area (Å²) < 4.78 is 7.29. The maximum atomic E-state index is 12.6. The Morgan fingerprint density at radius 3 is 1.08 bits per heavy atom. The first-order valence-electron chi connectivity index (χ1n) is 18.1. The highest BCUT2D eigenvalue weighted by atomic mass is 28.4. The first kappa shape index (κ1) is 35.1. The molecule has 4 heteroatoms. The van der Waals surface area contributed by atoms with Crippen molar-refractivity contribution >= 4 is 47.5 Å². The number of hydrogen-bond acceptors (Lipinski definition) is 2. The van der Waals surface area contributed by atoms with E-state index in [1.54, 1.807) is 0 Å². The molecule has 0 spiro atoms. The molecule has 0 saturated heterocycles. The van der Waals surface area contributed by atoms with Crippen molar-refractivity contribution in [1.82, 2.24) is 0 Å². The summed E-state index contributed by atoms with van der Waals surface area (Å²) in [6.45, 7) is 0.534. The van der Waals surface area contributed by atoms with Crippen molar-refractivity contribution in [1.29, 1.82) is 0 Å². The second-order valence-electron chi connectivity index (χ2n) is 13.1. The van der Waals surface area contributed by atoms with Gasteiger partial charge in [-0.15, -0.1) is 0 Å². The smallest absolute Gasteiger partial charge is 0.288 e. The summed E-state index contributed by atoms with van der Waals surface area (Å²) in [4.78, 5) is 0. The van der Waals surface area contributed by atoms with Crippen LogP contribution in [0.1, 0.15) is 18.1 Å². The SMILES string of the molecule is OC(c1ccccc1)C(/C=C/CCO[Si](c1ccccc1)(c1ccccc1)c1ccccc1)[Si](c1ccccc1)(c1ccccc1)c1ccccc1. The van der Waals surface area contributed by atoms with Crippen molar-refractivity contribution in [2.75, 3.05) is 6.61 Å². The standard InChI is InChI=1S/C48H44O2Si2/c49-48(40-24-8-1-9-25-40)47(51(41-26-10-2-11-27-41,42-28-12-3-13-29-42)43-30-14-4-15-31-43)38-22-23-39-50-52(44-32-16-5-17-33-44,45-34-18-6-19-35-45)46-36-20-7-21-37-46/h1-22,24-38,47-49H,23,39H2/b38-22+. The predicted molar refractivity (Wildman–Crippen MR) is 223 cm³/mol. The highest BCUT2D eigenvalue weighted by Gasteiger charge is 2.48. The normalized spacial score (nSPS) is 13.1. The van der Waals surface area contributed by atoms with Gasteiger partial charge in [0.15, 0.2) is 8.07 Å². The molecule has 0 aliphatic rings. The summed E-state index contributed by atoms with van der Waals surface area (Å²) in [6, 6.07) is 74.9. The van der Waals surface area contributed by atoms with Crippen LogP contribution in [-0.4, -0.2) is 28.1 Å². The van der Waals surface area contributed by atoms with Gasteiger partial charge in [-0.1, -0.05) is 224 Å². The van der Waals surface area contributed by atoms with Crippen LogP contribution >= 0.6 is 0 Å². The summed E-state index contributed by atoms with van der Waals surface area (Å²) in [5.74, 6) is 0. The van der Waals surface area contributed by atoms with Crippen LogP contribution in [0.15, 0.2) is 224 Å². The Morgan fingerprint density at radius 2 is 0.731 bits per heavy atom. The average Bonchev–Trinajstić information content (AvgIpc) is 3.24. The minimum Gasteiger partial charge on any atom is -0.404 e. The molecule has 0 aliphatic carbocycles. The van der Waals surface area contributed by atoms with E-state index in [2.05, 4.69) is 194 Å². The van der Waals surface area contributed by atoms with Crippen LogP contribution in [0, 0.1) is 0 Å². The lowest BCUT2D eigenvalue weighted by Crippen LogP contribution is -2.70. The molecule has 2 unspecified atom stereocenters. The van der Waals surface area contributed by atoms with Gasteiger partial charge in [0.25, 0.3) is 8.32 Å². The molecule has 2 nitrogen and oxygen atoms in total. The van der Waals surface area contributed by atoms with Gasteiger partial charge in [0, 0.05) is 12.1 Å². The van der Waals surface area contributed by atoms with E-state index in [0.717, 1.165) is 5.56 Å². The third-order valence-electron chi connectivity index (χ3n) is 10.2. The van der Waals surface area contributed by atoms with Crippen molar-refractivity contribution in [3.63, 3.8) is 0 Å². The van der Waals surface area contributed by atoms with E-state index in [1.807, 2.05) is 30.3 Å². The molecule has 0 aromatic heterocycles. The van der Waals surface area contributed by atoms with Gasteiger partial charge in [0.1, 0.15) is 0 Å². The lowest BCUT2D eigenvalue weighted by atomic mass is 10.1. The minimum atomic E-state index is -2.92. The fourth-order valence-corrected chi connectivity index (χ4v) is 17.1. The fourth-order valence-electron chi connectivity index (χ4n) is 7.82. The van der Waals surface area contributed by atoms with Crippen molar-refractivity contribution < 1.29 is 9.53 Å². The van der Waals surface area contributed by atoms with Gasteiger partial charge in [0.05, 0.1) is 6.10 Å². The van der Waals surface area contributed by atoms with Gasteiger partial charge in [-0.05, 0) is 43.1 Å². The molecular weight excluding hydrogens is 665 g/mol. The molecule has 0 radical (unpaired) electrons. The molecule has 7 rings (SSSR count). The molecule has 0 amide bonds. The maximum Gasteiger partial charge on any atom is 0.288 e. The van der Waals surface area contributed by atoms with E-state index >= 15 is 0 Å². The quantitative estimate of drug-likeness (QED) is 0.0578. The fraction of sp³-hybridized carbons (Fsp3) is 0.0833. The van der Waals surface area contributed by atoms with Gasteiger partial charge >= 0.3 is 0 Å². The molecule has 1 N–H and O–H groups in total. The minimum absolute atomic E-state index is 0.221. The molecular formula is C48H44O2Si2. The van der Waals surface area contributed by atoms with Crippen LogP contribution < -0.4 is 31.1 Å². The predicted octanol–water partition coefficient (Wildman–Crippen LogP) is 6.89. The van der Waals surface area contributed by atoms with Gasteiger partial charge in [0.2, 0.25) is 0 Å². The molecule has 0 fully saturated rings. The Labute approximate surface area is 310 Å². The van der Waals surface area contributed by atoms with E-state index in [4.69, 9.17) is 4.43 Å². The van der Waals surface area contributed by atoms with Crippen LogP contribution in [0.5, 0.6) is 0 Å². The monoisotopic (exact) mass is 708 g/mol. The topological polar surface area (TPSA) is 29.5 Å². The zero-order valence-corrected chi connectivity index (χ0v) is 31.3. The average molecular weight is 709 g/mol. The van der Waals surface area contributed by atoms with Crippen molar-refractivity contribution in [2.45, 2.75) is 18.1 Å². The molecule has 0 heterocycles. The Kier molecular flexibility index (Phi) is 11.3. The lowest BCUT2D eigenvalue weighted by Gasteiger charge is -2.42. The van der Waals surface area contributed by atoms with Gasteiger partial charge in [-0.3, -0.25) is 0 Å². The van der Waals surface area contributed by atoms with Gasteiger partial charge < -0.3 is 9.53 Å². The third-order valence-corrected chi connectivity index (χ3v) is 19.5. The summed E-state index contributed by atoms with van der Waals surface area (Å²) in [6.07, 6.45) is 4.52. The largest absolute Gasteiger partial charge is 0.404 e. The van der Waals surface area contributed by atoms with Crippen LogP contribution in [-0.2, 0) is 4.43 Å². The zero-order chi connectivity index (χ0) is 35.5. The van der Waals surface area contributed by atoms with Crippen molar-refractivity contribution in [2.24, 2.45) is 0 Å². The summed E-state index contributed by atoms with van der Waals surface area (Å²) >= 11 is 0. The second-order valence-corrected chi connectivity index (χ2v) is 20.5. The van der Waals surface area contributed by atoms with E-state index < -0.39 is 22.5 Å². The summed E-state index contributed by atoms with van der Waals surface area (Å²) in [5, 5.41) is 20.0. The van der Waals surface area contributed by atoms with E-state index in [9.17, 15) is 5.11 Å². The molecule has 7 aromatic rings. The third kappa shape index (κ3) is 7.07. The van der Waals surface area contributed by atoms with Crippen LogP contribution in [0.2, 0.25) is 5.54 Å². The highest BCUT2D eigenvalue weighted by molar-refractivity contribution is 7.12. The van der Waals surface area contributed by atoms with Gasteiger partial charge in [-0.2, -0.15) is 0 Å². The Hall–Kier alpha value is -5.37. The number of benzene rings is 7. The number of aliphatic hydroxyl groups is 1. The first-order chi connectivity index (χ1) is 25.7. The molecule has 256 valence electrons. The summed E-state index contributed by atoms with van der Waals surface area (Å²) in [7, 11) is -5.77. The van der Waals surface area contributed by atoms with Crippen molar-refractivity contribution in [3.8, 4) is 0 Å². The molecule has 0 bridgehead atoms. The van der Waals surface area contributed by atoms with Crippen LogP contribution in [0.3, 0.4) is 0 Å². The lowest BCUT2D eigenvalue weighted by molar-refractivity contribution is 0.180. The van der Waals surface area contributed by atoms with Crippen molar-refractivity contribution in [3.05, 3.63) is 230 Å². The molecule has 0 aliphatic heterocycles. The zero-order valence-electron chi connectivity index (χ0n) is 29.3. The molecule has 2 atom stereocenters. The van der Waals surface area contributed by atoms with Crippen LogP contribution in [0.25, 0.3) is 0 Å². The number of aliphatic hydroxyl groups excluding tert-OH is 1. The Morgan fingerprint density at radius 1 is 0.423 bits per heavy atom. The molecule has 52 heavy (non-hydrogen) atoms. The molecule has 0 saturated carbocycles. The maximum absolute atomic E-state index is 12.6. The number of rotatable bonds is 14. The van der Waals surface area contributed by atoms with E-state index in [1.165, 1.54) is 31.1 Å². The van der Waals surface area contributed by atoms with E-state index in [-0.39, 0.29) is 5.54 Å².